The van der Waals surface area contributed by atoms with Crippen molar-refractivity contribution in [1.29, 1.82) is 0 Å². The van der Waals surface area contributed by atoms with Gasteiger partial charge in [0.25, 0.3) is 5.91 Å². The molecule has 0 saturated carbocycles. The van der Waals surface area contributed by atoms with E-state index in [0.29, 0.717) is 42.2 Å². The number of aromatic nitrogens is 2. The van der Waals surface area contributed by atoms with Crippen LogP contribution in [-0.2, 0) is 4.74 Å². The van der Waals surface area contributed by atoms with E-state index in [1.165, 1.54) is 29.9 Å². The number of likely N-dealkylation sites (tertiary alicyclic amines) is 1. The molecule has 0 bridgehead atoms. The van der Waals surface area contributed by atoms with Gasteiger partial charge in [0.2, 0.25) is 0 Å². The van der Waals surface area contributed by atoms with E-state index < -0.39 is 11.6 Å². The van der Waals surface area contributed by atoms with E-state index in [4.69, 9.17) is 9.47 Å². The van der Waals surface area contributed by atoms with Crippen molar-refractivity contribution in [3.8, 4) is 16.2 Å². The Labute approximate surface area is 230 Å². The molecule has 1 fully saturated rings. The highest BCUT2D eigenvalue weighted by Crippen LogP contribution is 2.36. The largest absolute Gasteiger partial charge is 0.497 e. The number of amides is 4. The number of thiophene rings is 1. The predicted molar refractivity (Wildman–Crippen MR) is 149 cm³/mol. The molecule has 0 unspecified atom stereocenters. The van der Waals surface area contributed by atoms with Gasteiger partial charge in [-0.1, -0.05) is 0 Å². The van der Waals surface area contributed by atoms with Crippen LogP contribution < -0.4 is 20.7 Å². The first-order chi connectivity index (χ1) is 18.6. The van der Waals surface area contributed by atoms with Crippen LogP contribution in [0.3, 0.4) is 0 Å². The molecule has 2 aromatic heterocycles. The first-order valence-electron chi connectivity index (χ1n) is 12.5. The molecule has 0 aliphatic carbocycles. The number of methoxy groups -OCH3 is 1. The summed E-state index contributed by atoms with van der Waals surface area (Å²) in [4.78, 5) is 48.9. The molecule has 1 saturated heterocycles. The summed E-state index contributed by atoms with van der Waals surface area (Å²) in [7, 11) is 1.60. The van der Waals surface area contributed by atoms with Gasteiger partial charge in [-0.05, 0) is 69.5 Å². The second kappa shape index (κ2) is 12.1. The molecule has 1 aliphatic rings. The lowest BCUT2D eigenvalue weighted by Crippen LogP contribution is -2.47. The van der Waals surface area contributed by atoms with Crippen molar-refractivity contribution in [2.75, 3.05) is 30.8 Å². The third-order valence-corrected chi connectivity index (χ3v) is 6.96. The average molecular weight is 553 g/mol. The summed E-state index contributed by atoms with van der Waals surface area (Å²) < 4.78 is 10.7. The van der Waals surface area contributed by atoms with Gasteiger partial charge in [-0.15, -0.1) is 11.3 Å². The number of hydrogen-bond donors (Lipinski definition) is 3. The molecule has 1 aliphatic heterocycles. The highest BCUT2D eigenvalue weighted by Gasteiger charge is 2.28. The summed E-state index contributed by atoms with van der Waals surface area (Å²) in [5.41, 5.74) is 0.656. The number of nitrogens with one attached hydrogen (secondary N) is 3. The van der Waals surface area contributed by atoms with Crippen molar-refractivity contribution in [1.82, 2.24) is 20.2 Å². The van der Waals surface area contributed by atoms with Gasteiger partial charge in [0, 0.05) is 36.4 Å². The molecule has 11 nitrogen and oxygen atoms in total. The third kappa shape index (κ3) is 7.66. The monoisotopic (exact) mass is 552 g/mol. The zero-order valence-corrected chi connectivity index (χ0v) is 23.1. The lowest BCUT2D eigenvalue weighted by atomic mass is 10.0. The Kier molecular flexibility index (Phi) is 8.65. The summed E-state index contributed by atoms with van der Waals surface area (Å²) in [5, 5.41) is 8.86. The maximum Gasteiger partial charge on any atom is 0.410 e. The van der Waals surface area contributed by atoms with Crippen LogP contribution in [0.4, 0.5) is 20.4 Å². The average Bonchev–Trinajstić information content (AvgIpc) is 3.32. The van der Waals surface area contributed by atoms with Gasteiger partial charge in [0.05, 0.1) is 18.9 Å². The second-order valence-electron chi connectivity index (χ2n) is 9.97. The predicted octanol–water partition coefficient (Wildman–Crippen LogP) is 4.99. The molecule has 4 rings (SSSR count). The van der Waals surface area contributed by atoms with Crippen molar-refractivity contribution in [3.63, 3.8) is 0 Å². The van der Waals surface area contributed by atoms with Crippen LogP contribution in [0.2, 0.25) is 0 Å². The molecule has 0 spiro atoms. The minimum atomic E-state index is -0.564. The molecular formula is C27H32N6O5S. The number of carbonyl (C=O) groups excluding carboxylic acids is 3. The van der Waals surface area contributed by atoms with E-state index in [1.807, 2.05) is 45.0 Å². The van der Waals surface area contributed by atoms with E-state index in [1.54, 1.807) is 18.1 Å². The maximum absolute atomic E-state index is 13.4. The van der Waals surface area contributed by atoms with E-state index in [-0.39, 0.29) is 23.9 Å². The molecule has 4 amide bonds. The minimum absolute atomic E-state index is 0.123. The molecule has 3 heterocycles. The fraction of sp³-hybridized carbons (Fsp3) is 0.370. The van der Waals surface area contributed by atoms with E-state index in [0.717, 1.165) is 10.4 Å². The van der Waals surface area contributed by atoms with Crippen LogP contribution in [-0.4, -0.2) is 64.7 Å². The smallest absolute Gasteiger partial charge is 0.410 e. The van der Waals surface area contributed by atoms with Gasteiger partial charge in [0.15, 0.2) is 5.82 Å². The Morgan fingerprint density at radius 3 is 2.38 bits per heavy atom. The molecular weight excluding hydrogens is 520 g/mol. The van der Waals surface area contributed by atoms with Crippen LogP contribution in [0.5, 0.6) is 5.75 Å². The van der Waals surface area contributed by atoms with Crippen molar-refractivity contribution in [2.45, 2.75) is 45.3 Å². The Balaban J connectivity index is 1.47. The summed E-state index contributed by atoms with van der Waals surface area (Å²) in [6, 6.07) is 8.54. The Morgan fingerprint density at radius 2 is 1.77 bits per heavy atom. The number of piperidine rings is 1. The number of ether oxygens (including phenoxy) is 2. The van der Waals surface area contributed by atoms with Crippen LogP contribution in [0.25, 0.3) is 10.4 Å². The van der Waals surface area contributed by atoms with Crippen molar-refractivity contribution >= 4 is 40.2 Å². The van der Waals surface area contributed by atoms with Crippen LogP contribution in [0.15, 0.2) is 48.9 Å². The zero-order valence-electron chi connectivity index (χ0n) is 22.3. The molecule has 3 aromatic rings. The van der Waals surface area contributed by atoms with Crippen LogP contribution in [0, 0.1) is 0 Å². The van der Waals surface area contributed by atoms with Gasteiger partial charge in [-0.3, -0.25) is 20.4 Å². The fourth-order valence-corrected chi connectivity index (χ4v) is 5.02. The third-order valence-electron chi connectivity index (χ3n) is 5.86. The summed E-state index contributed by atoms with van der Waals surface area (Å²) in [6.07, 6.45) is 5.23. The number of benzene rings is 1. The maximum atomic E-state index is 13.4. The quantitative estimate of drug-likeness (QED) is 0.392. The zero-order chi connectivity index (χ0) is 28.0. The number of urea groups is 1. The van der Waals surface area contributed by atoms with Crippen molar-refractivity contribution < 1.29 is 23.9 Å². The molecule has 3 N–H and O–H groups in total. The Bertz CT molecular complexity index is 1300. The van der Waals surface area contributed by atoms with Crippen molar-refractivity contribution in [2.24, 2.45) is 0 Å². The van der Waals surface area contributed by atoms with E-state index in [2.05, 4.69) is 25.9 Å². The minimum Gasteiger partial charge on any atom is -0.497 e. The van der Waals surface area contributed by atoms with E-state index >= 15 is 0 Å². The number of rotatable bonds is 6. The van der Waals surface area contributed by atoms with Gasteiger partial charge >= 0.3 is 12.1 Å². The Hall–Kier alpha value is -4.19. The van der Waals surface area contributed by atoms with Gasteiger partial charge < -0.3 is 19.7 Å². The molecule has 39 heavy (non-hydrogen) atoms. The lowest BCUT2D eigenvalue weighted by Gasteiger charge is -2.33. The standard InChI is InChI=1S/C27H32N6O5S/c1-27(2,3)38-26(36)33-13-9-18(10-14-33)30-23(34)20-15-21(17-5-7-19(37-4)8-6-17)39-24(20)32-25(35)31-22-16-28-11-12-29-22/h5-8,11-12,15-16,18H,9-10,13-14H2,1-4H3,(H,30,34)(H2,29,31,32,35). The molecule has 1 aromatic carbocycles. The van der Waals surface area contributed by atoms with Crippen molar-refractivity contribution in [3.05, 3.63) is 54.5 Å². The highest BCUT2D eigenvalue weighted by molar-refractivity contribution is 7.20. The number of anilines is 2. The first-order valence-corrected chi connectivity index (χ1v) is 13.3. The van der Waals surface area contributed by atoms with E-state index in [9.17, 15) is 14.4 Å². The van der Waals surface area contributed by atoms with Crippen LogP contribution >= 0.6 is 11.3 Å². The second-order valence-corrected chi connectivity index (χ2v) is 11.0. The lowest BCUT2D eigenvalue weighted by molar-refractivity contribution is 0.0199. The van der Waals surface area contributed by atoms with Gasteiger partial charge in [-0.25, -0.2) is 14.6 Å². The SMILES string of the molecule is COc1ccc(-c2cc(C(=O)NC3CCN(C(=O)OC(C)(C)C)CC3)c(NC(=O)Nc3cnccn3)s2)cc1. The molecule has 0 radical (unpaired) electrons. The number of hydrogen-bond acceptors (Lipinski definition) is 8. The molecule has 0 atom stereocenters. The molecule has 206 valence electrons. The summed E-state index contributed by atoms with van der Waals surface area (Å²) >= 11 is 1.29. The van der Waals surface area contributed by atoms with Gasteiger partial charge in [-0.2, -0.15) is 0 Å². The normalized spacial score (nSPS) is 13.9. The summed E-state index contributed by atoms with van der Waals surface area (Å²) in [6.45, 7) is 6.45. The van der Waals surface area contributed by atoms with Gasteiger partial charge in [0.1, 0.15) is 16.4 Å². The number of carbonyl (C=O) groups is 3. The van der Waals surface area contributed by atoms with Crippen LogP contribution in [0.1, 0.15) is 44.0 Å². The summed E-state index contributed by atoms with van der Waals surface area (Å²) in [5.74, 6) is 0.689. The highest BCUT2D eigenvalue weighted by atomic mass is 32.1. The topological polar surface area (TPSA) is 135 Å². The Morgan fingerprint density at radius 1 is 1.05 bits per heavy atom. The fourth-order valence-electron chi connectivity index (χ4n) is 3.96. The first kappa shape index (κ1) is 27.8. The number of nitrogens with zero attached hydrogens (tertiary/aromatic N) is 3. The molecule has 12 heteroatoms.